The molecule has 314 valence electrons. The van der Waals surface area contributed by atoms with Gasteiger partial charge in [-0.2, -0.15) is 0 Å². The van der Waals surface area contributed by atoms with E-state index in [1.165, 1.54) is 88.7 Å². The predicted molar refractivity (Wildman–Crippen MR) is 277 cm³/mol. The van der Waals surface area contributed by atoms with Gasteiger partial charge in [0.1, 0.15) is 11.2 Å². The van der Waals surface area contributed by atoms with Crippen molar-refractivity contribution < 1.29 is 4.42 Å². The highest BCUT2D eigenvalue weighted by atomic mass is 16.3. The fourth-order valence-corrected chi connectivity index (χ4v) is 11.4. The maximum atomic E-state index is 6.20. The van der Waals surface area contributed by atoms with Crippen LogP contribution in [-0.4, -0.2) is 0 Å². The van der Waals surface area contributed by atoms with Gasteiger partial charge < -0.3 is 9.32 Å². The van der Waals surface area contributed by atoms with Crippen molar-refractivity contribution in [3.63, 3.8) is 0 Å². The van der Waals surface area contributed by atoms with Gasteiger partial charge in [-0.25, -0.2) is 0 Å². The fourth-order valence-electron chi connectivity index (χ4n) is 11.4. The van der Waals surface area contributed by atoms with Crippen molar-refractivity contribution in [2.24, 2.45) is 0 Å². The molecule has 13 rings (SSSR count). The van der Waals surface area contributed by atoms with Crippen molar-refractivity contribution in [2.75, 3.05) is 4.90 Å². The van der Waals surface area contributed by atoms with Gasteiger partial charge in [0.25, 0.3) is 0 Å². The highest BCUT2D eigenvalue weighted by Gasteiger charge is 2.38. The summed E-state index contributed by atoms with van der Waals surface area (Å²) in [5.41, 5.74) is 22.8. The molecule has 10 aromatic carbocycles. The van der Waals surface area contributed by atoms with Crippen LogP contribution in [0.4, 0.5) is 17.1 Å². The monoisotopic (exact) mass is 845 g/mol. The number of hydrogen-bond donors (Lipinski definition) is 0. The molecular formula is C64H47NO. The average molecular weight is 846 g/mol. The first kappa shape index (κ1) is 38.5. The predicted octanol–water partition coefficient (Wildman–Crippen LogP) is 17.8. The van der Waals surface area contributed by atoms with E-state index in [9.17, 15) is 0 Å². The molecular weight excluding hydrogens is 799 g/mol. The smallest absolute Gasteiger partial charge is 0.135 e. The Bertz CT molecular complexity index is 3760. The first-order valence-electron chi connectivity index (χ1n) is 23.2. The fraction of sp³-hybridized carbons (Fsp3) is 0.0938. The largest absolute Gasteiger partial charge is 0.456 e. The lowest BCUT2D eigenvalue weighted by atomic mass is 9.81. The van der Waals surface area contributed by atoms with Crippen LogP contribution >= 0.6 is 0 Å². The summed E-state index contributed by atoms with van der Waals surface area (Å²) in [6, 6.07) is 78.5. The molecule has 0 unspecified atom stereocenters. The minimum absolute atomic E-state index is 0.203. The second-order valence-corrected chi connectivity index (χ2v) is 19.3. The molecule has 0 amide bonds. The molecule has 0 spiro atoms. The third kappa shape index (κ3) is 5.74. The normalized spacial score (nSPS) is 14.0. The lowest BCUT2D eigenvalue weighted by Crippen LogP contribution is -2.18. The van der Waals surface area contributed by atoms with Crippen molar-refractivity contribution in [1.29, 1.82) is 0 Å². The molecule has 11 aromatic rings. The van der Waals surface area contributed by atoms with Crippen LogP contribution in [0.25, 0.3) is 88.3 Å². The Morgan fingerprint density at radius 1 is 0.303 bits per heavy atom. The molecule has 0 fully saturated rings. The second kappa shape index (κ2) is 14.3. The summed E-state index contributed by atoms with van der Waals surface area (Å²) >= 11 is 0. The average Bonchev–Trinajstić information content (AvgIpc) is 3.93. The highest BCUT2D eigenvalue weighted by Crippen LogP contribution is 2.55. The Labute approximate surface area is 386 Å². The van der Waals surface area contributed by atoms with Crippen LogP contribution < -0.4 is 4.90 Å². The van der Waals surface area contributed by atoms with Crippen LogP contribution in [0.1, 0.15) is 49.9 Å². The Kier molecular flexibility index (Phi) is 8.33. The standard InChI is InChI=1S/C64H47NO/c1-63(2)56-36-43(40-15-7-5-8-16-40)23-28-49(56)51-30-26-45(38-58(51)63)65(60-33-32-47(41-17-9-6-10-18-41)48-19-11-12-20-53(48)60)46-27-31-52-50-29-24-44(37-57(50)64(3,4)59(52)39-46)42-25-34-62-55(35-42)54-21-13-14-22-61(54)66-62/h5-39H,1-4H3. The summed E-state index contributed by atoms with van der Waals surface area (Å²) < 4.78 is 6.20. The molecule has 0 aliphatic heterocycles. The van der Waals surface area contributed by atoms with Crippen LogP contribution in [0, 0.1) is 0 Å². The van der Waals surface area contributed by atoms with E-state index in [0.717, 1.165) is 39.0 Å². The molecule has 66 heavy (non-hydrogen) atoms. The number of fused-ring (bicyclic) bond motifs is 10. The van der Waals surface area contributed by atoms with Gasteiger partial charge in [-0.3, -0.25) is 0 Å². The zero-order valence-electron chi connectivity index (χ0n) is 37.6. The van der Waals surface area contributed by atoms with Gasteiger partial charge in [0, 0.05) is 38.4 Å². The van der Waals surface area contributed by atoms with Crippen LogP contribution in [0.3, 0.4) is 0 Å². The quantitative estimate of drug-likeness (QED) is 0.166. The van der Waals surface area contributed by atoms with Gasteiger partial charge in [-0.15, -0.1) is 0 Å². The van der Waals surface area contributed by atoms with Gasteiger partial charge in [0.05, 0.1) is 5.69 Å². The number of rotatable bonds is 6. The molecule has 0 bridgehead atoms. The lowest BCUT2D eigenvalue weighted by molar-refractivity contribution is 0.660. The van der Waals surface area contributed by atoms with Crippen molar-refractivity contribution in [3.05, 3.63) is 235 Å². The summed E-state index contributed by atoms with van der Waals surface area (Å²) in [6.45, 7) is 9.57. The topological polar surface area (TPSA) is 16.4 Å². The van der Waals surface area contributed by atoms with Gasteiger partial charge in [0.15, 0.2) is 0 Å². The number of benzene rings is 10. The minimum atomic E-state index is -0.244. The van der Waals surface area contributed by atoms with E-state index >= 15 is 0 Å². The number of hydrogen-bond acceptors (Lipinski definition) is 2. The van der Waals surface area contributed by atoms with Crippen LogP contribution in [0.5, 0.6) is 0 Å². The lowest BCUT2D eigenvalue weighted by Gasteiger charge is -2.31. The van der Waals surface area contributed by atoms with Gasteiger partial charge in [-0.1, -0.05) is 179 Å². The van der Waals surface area contributed by atoms with Crippen molar-refractivity contribution in [1.82, 2.24) is 0 Å². The van der Waals surface area contributed by atoms with Gasteiger partial charge >= 0.3 is 0 Å². The van der Waals surface area contributed by atoms with Crippen molar-refractivity contribution in [2.45, 2.75) is 38.5 Å². The summed E-state index contributed by atoms with van der Waals surface area (Å²) in [4.78, 5) is 2.51. The molecule has 2 aliphatic carbocycles. The maximum absolute atomic E-state index is 6.20. The minimum Gasteiger partial charge on any atom is -0.456 e. The number of anilines is 3. The van der Waals surface area contributed by atoms with Crippen molar-refractivity contribution >= 4 is 49.8 Å². The molecule has 0 radical (unpaired) electrons. The van der Waals surface area contributed by atoms with E-state index < -0.39 is 0 Å². The molecule has 0 saturated heterocycles. The molecule has 2 nitrogen and oxygen atoms in total. The summed E-state index contributed by atoms with van der Waals surface area (Å²) in [7, 11) is 0. The first-order chi connectivity index (χ1) is 32.2. The third-order valence-corrected chi connectivity index (χ3v) is 14.9. The zero-order chi connectivity index (χ0) is 44.3. The number of furan rings is 1. The summed E-state index contributed by atoms with van der Waals surface area (Å²) in [5.74, 6) is 0. The second-order valence-electron chi connectivity index (χ2n) is 19.3. The molecule has 0 saturated carbocycles. The maximum Gasteiger partial charge on any atom is 0.135 e. The van der Waals surface area contributed by atoms with Crippen LogP contribution in [0.15, 0.2) is 217 Å². The molecule has 0 atom stereocenters. The Hall–Kier alpha value is -7.94. The third-order valence-electron chi connectivity index (χ3n) is 14.9. The first-order valence-corrected chi connectivity index (χ1v) is 23.2. The SMILES string of the molecule is CC1(C)c2cc(-c3ccccc3)ccc2-c2ccc(N(c3ccc4c(c3)C(C)(C)c3cc(-c5ccc6oc7ccccc7c6c5)ccc3-4)c3ccc(-c4ccccc4)c4ccccc34)cc21. The zero-order valence-corrected chi connectivity index (χ0v) is 37.6. The summed E-state index contributed by atoms with van der Waals surface area (Å²) in [6.07, 6.45) is 0. The van der Waals surface area contributed by atoms with E-state index in [1.54, 1.807) is 0 Å². The Morgan fingerprint density at radius 2 is 0.742 bits per heavy atom. The highest BCUT2D eigenvalue weighted by molar-refractivity contribution is 6.08. The molecule has 1 heterocycles. The number of nitrogens with zero attached hydrogens (tertiary/aromatic N) is 1. The van der Waals surface area contributed by atoms with Crippen molar-refractivity contribution in [3.8, 4) is 55.6 Å². The van der Waals surface area contributed by atoms with Gasteiger partial charge in [-0.05, 0) is 144 Å². The molecule has 0 N–H and O–H groups in total. The Morgan fingerprint density at radius 3 is 1.36 bits per heavy atom. The van der Waals surface area contributed by atoms with Gasteiger partial charge in [0.2, 0.25) is 0 Å². The molecule has 2 heteroatoms. The van der Waals surface area contributed by atoms with E-state index in [1.807, 2.05) is 12.1 Å². The van der Waals surface area contributed by atoms with Crippen LogP contribution in [0.2, 0.25) is 0 Å². The molecule has 1 aromatic heterocycles. The van der Waals surface area contributed by atoms with Crippen LogP contribution in [-0.2, 0) is 10.8 Å². The van der Waals surface area contributed by atoms with E-state index in [2.05, 4.69) is 233 Å². The Balaban J connectivity index is 0.957. The number of para-hydroxylation sites is 1. The van der Waals surface area contributed by atoms with E-state index in [0.29, 0.717) is 0 Å². The van der Waals surface area contributed by atoms with E-state index in [-0.39, 0.29) is 10.8 Å². The summed E-state index contributed by atoms with van der Waals surface area (Å²) in [5, 5.41) is 4.74. The van der Waals surface area contributed by atoms with E-state index in [4.69, 9.17) is 4.42 Å². The molecule has 2 aliphatic rings.